The summed E-state index contributed by atoms with van der Waals surface area (Å²) in [5.41, 5.74) is 2.63. The number of hydrogen-bond donors (Lipinski definition) is 0. The van der Waals surface area contributed by atoms with Gasteiger partial charge in [-0.1, -0.05) is 12.1 Å². The van der Waals surface area contributed by atoms with Crippen LogP contribution in [0.5, 0.6) is 5.75 Å². The first-order chi connectivity index (χ1) is 14.6. The first-order valence-corrected chi connectivity index (χ1v) is 10.2. The van der Waals surface area contributed by atoms with Crippen molar-refractivity contribution in [3.05, 3.63) is 65.2 Å². The Morgan fingerprint density at radius 1 is 1.10 bits per heavy atom. The molecular weight excluding hydrogens is 378 g/mol. The van der Waals surface area contributed by atoms with E-state index in [9.17, 15) is 4.79 Å². The summed E-state index contributed by atoms with van der Waals surface area (Å²) in [6.45, 7) is 1.68. The summed E-state index contributed by atoms with van der Waals surface area (Å²) in [5.74, 6) is 1.60. The Morgan fingerprint density at radius 3 is 2.50 bits per heavy atom. The van der Waals surface area contributed by atoms with Crippen molar-refractivity contribution in [3.63, 3.8) is 0 Å². The van der Waals surface area contributed by atoms with Gasteiger partial charge in [0, 0.05) is 57.3 Å². The minimum atomic E-state index is -0.0555. The smallest absolute Gasteiger partial charge is 0.255 e. The van der Waals surface area contributed by atoms with Crippen LogP contribution in [0.3, 0.4) is 0 Å². The van der Waals surface area contributed by atoms with Crippen molar-refractivity contribution in [3.8, 4) is 17.0 Å². The van der Waals surface area contributed by atoms with Gasteiger partial charge in [-0.3, -0.25) is 14.3 Å². The van der Waals surface area contributed by atoms with Gasteiger partial charge in [0.25, 0.3) is 5.56 Å². The number of methoxy groups -OCH3 is 1. The summed E-state index contributed by atoms with van der Waals surface area (Å²) in [5, 5.41) is 0. The van der Waals surface area contributed by atoms with Crippen molar-refractivity contribution in [2.75, 3.05) is 37.0 Å². The first-order valence-electron chi connectivity index (χ1n) is 10.2. The molecule has 0 N–H and O–H groups in total. The topological polar surface area (TPSA) is 63.5 Å². The largest absolute Gasteiger partial charge is 0.495 e. The van der Waals surface area contributed by atoms with E-state index in [0.717, 1.165) is 42.9 Å². The van der Waals surface area contributed by atoms with Crippen molar-refractivity contribution in [1.29, 1.82) is 0 Å². The number of ether oxygens (including phenoxy) is 1. The molecule has 0 bridgehead atoms. The van der Waals surface area contributed by atoms with Gasteiger partial charge in [0.05, 0.1) is 18.5 Å². The van der Waals surface area contributed by atoms with Gasteiger partial charge in [-0.05, 0) is 37.1 Å². The van der Waals surface area contributed by atoms with Gasteiger partial charge in [-0.25, -0.2) is 4.98 Å². The molecule has 7 heteroatoms. The van der Waals surface area contributed by atoms with Crippen LogP contribution >= 0.6 is 0 Å². The van der Waals surface area contributed by atoms with Crippen LogP contribution in [-0.4, -0.2) is 47.8 Å². The summed E-state index contributed by atoms with van der Waals surface area (Å²) < 4.78 is 7.16. The molecule has 1 fully saturated rings. The van der Waals surface area contributed by atoms with Gasteiger partial charge < -0.3 is 14.5 Å². The van der Waals surface area contributed by atoms with Crippen molar-refractivity contribution in [1.82, 2.24) is 14.5 Å². The first kappa shape index (κ1) is 19.9. The molecule has 4 rings (SSSR count). The zero-order valence-electron chi connectivity index (χ0n) is 17.7. The summed E-state index contributed by atoms with van der Waals surface area (Å²) in [6.07, 6.45) is 5.38. The lowest BCUT2D eigenvalue weighted by molar-refractivity contribution is 0.409. The molecule has 0 radical (unpaired) electrons. The van der Waals surface area contributed by atoms with Crippen LogP contribution in [0, 0.1) is 0 Å². The Morgan fingerprint density at radius 2 is 1.80 bits per heavy atom. The predicted molar refractivity (Wildman–Crippen MR) is 119 cm³/mol. The zero-order valence-corrected chi connectivity index (χ0v) is 17.7. The number of piperidine rings is 1. The number of para-hydroxylation sites is 2. The van der Waals surface area contributed by atoms with Crippen molar-refractivity contribution < 1.29 is 4.74 Å². The minimum absolute atomic E-state index is 0.0555. The van der Waals surface area contributed by atoms with Crippen molar-refractivity contribution >= 4 is 11.6 Å². The molecule has 0 aliphatic carbocycles. The van der Waals surface area contributed by atoms with Crippen LogP contribution in [-0.2, 0) is 7.05 Å². The van der Waals surface area contributed by atoms with E-state index < -0.39 is 0 Å². The van der Waals surface area contributed by atoms with E-state index >= 15 is 0 Å². The number of aromatic nitrogens is 3. The number of benzene rings is 1. The van der Waals surface area contributed by atoms with E-state index in [1.54, 1.807) is 37.2 Å². The van der Waals surface area contributed by atoms with Crippen LogP contribution in [0.2, 0.25) is 0 Å². The minimum Gasteiger partial charge on any atom is -0.495 e. The fourth-order valence-corrected chi connectivity index (χ4v) is 4.05. The van der Waals surface area contributed by atoms with Gasteiger partial charge in [-0.2, -0.15) is 0 Å². The average Bonchev–Trinajstić information content (AvgIpc) is 2.81. The molecule has 0 saturated carbocycles. The normalized spacial score (nSPS) is 14.6. The maximum Gasteiger partial charge on any atom is 0.255 e. The monoisotopic (exact) mass is 405 g/mol. The molecule has 2 aromatic heterocycles. The molecule has 1 aliphatic rings. The molecule has 0 atom stereocenters. The number of hydrogen-bond acceptors (Lipinski definition) is 6. The third-order valence-corrected chi connectivity index (χ3v) is 5.85. The quantitative estimate of drug-likeness (QED) is 0.650. The van der Waals surface area contributed by atoms with Gasteiger partial charge >= 0.3 is 0 Å². The molecule has 3 aromatic rings. The molecular formula is C23H27N5O2. The van der Waals surface area contributed by atoms with Crippen LogP contribution < -0.4 is 20.1 Å². The van der Waals surface area contributed by atoms with E-state index in [1.807, 2.05) is 30.3 Å². The fraction of sp³-hybridized carbons (Fsp3) is 0.348. The Labute approximate surface area is 176 Å². The fourth-order valence-electron chi connectivity index (χ4n) is 4.05. The highest BCUT2D eigenvalue weighted by atomic mass is 16.5. The van der Waals surface area contributed by atoms with Crippen LogP contribution in [0.25, 0.3) is 11.3 Å². The number of anilines is 2. The highest BCUT2D eigenvalue weighted by molar-refractivity contribution is 5.60. The maximum absolute atomic E-state index is 12.6. The Balaban J connectivity index is 1.53. The average molecular weight is 406 g/mol. The molecule has 156 valence electrons. The van der Waals surface area contributed by atoms with E-state index in [1.165, 1.54) is 0 Å². The molecule has 1 aromatic carbocycles. The second-order valence-corrected chi connectivity index (χ2v) is 7.58. The van der Waals surface area contributed by atoms with Crippen LogP contribution in [0.4, 0.5) is 11.6 Å². The SMILES string of the molecule is COc1ccccc1N(C)C1CCN(c2nc(-c3ccncc3)cc(=O)n2C)CC1. The molecule has 0 amide bonds. The third kappa shape index (κ3) is 3.87. The maximum atomic E-state index is 12.6. The Bertz CT molecular complexity index is 1060. The highest BCUT2D eigenvalue weighted by Gasteiger charge is 2.26. The molecule has 1 aliphatic heterocycles. The predicted octanol–water partition coefficient (Wildman–Crippen LogP) is 2.96. The Kier molecular flexibility index (Phi) is 5.70. The summed E-state index contributed by atoms with van der Waals surface area (Å²) in [4.78, 5) is 25.9. The number of nitrogens with zero attached hydrogens (tertiary/aromatic N) is 5. The zero-order chi connectivity index (χ0) is 21.1. The molecule has 0 unspecified atom stereocenters. The second-order valence-electron chi connectivity index (χ2n) is 7.58. The standard InChI is InChI=1S/C23H27N5O2/c1-26(20-6-4-5-7-21(20)30-3)18-10-14-28(15-11-18)23-25-19(16-22(29)27(23)2)17-8-12-24-13-9-17/h4-9,12-13,16,18H,10-11,14-15H2,1-3H3. The lowest BCUT2D eigenvalue weighted by Crippen LogP contribution is -2.45. The molecule has 7 nitrogen and oxygen atoms in total. The van der Waals surface area contributed by atoms with Crippen LogP contribution in [0.15, 0.2) is 59.7 Å². The van der Waals surface area contributed by atoms with Gasteiger partial charge in [0.2, 0.25) is 5.95 Å². The molecule has 3 heterocycles. The summed E-state index contributed by atoms with van der Waals surface area (Å²) in [6, 6.07) is 13.8. The number of pyridine rings is 1. The van der Waals surface area contributed by atoms with Crippen LogP contribution in [0.1, 0.15) is 12.8 Å². The van der Waals surface area contributed by atoms with E-state index in [2.05, 4.69) is 27.9 Å². The molecule has 30 heavy (non-hydrogen) atoms. The third-order valence-electron chi connectivity index (χ3n) is 5.85. The molecule has 0 spiro atoms. The van der Waals surface area contributed by atoms with Gasteiger partial charge in [0.15, 0.2) is 0 Å². The lowest BCUT2D eigenvalue weighted by atomic mass is 10.0. The highest BCUT2D eigenvalue weighted by Crippen LogP contribution is 2.31. The van der Waals surface area contributed by atoms with Crippen molar-refractivity contribution in [2.24, 2.45) is 7.05 Å². The van der Waals surface area contributed by atoms with E-state index in [-0.39, 0.29) is 5.56 Å². The lowest BCUT2D eigenvalue weighted by Gasteiger charge is -2.39. The number of rotatable bonds is 5. The van der Waals surface area contributed by atoms with Gasteiger partial charge in [0.1, 0.15) is 5.75 Å². The van der Waals surface area contributed by atoms with E-state index in [4.69, 9.17) is 9.72 Å². The summed E-state index contributed by atoms with van der Waals surface area (Å²) in [7, 11) is 5.61. The molecule has 1 saturated heterocycles. The van der Waals surface area contributed by atoms with Gasteiger partial charge in [-0.15, -0.1) is 0 Å². The second kappa shape index (κ2) is 8.57. The Hall–Kier alpha value is -3.35. The van der Waals surface area contributed by atoms with E-state index in [0.29, 0.717) is 17.7 Å². The summed E-state index contributed by atoms with van der Waals surface area (Å²) >= 11 is 0. The van der Waals surface area contributed by atoms with Crippen molar-refractivity contribution in [2.45, 2.75) is 18.9 Å².